The molecule has 1 saturated heterocycles. The predicted molar refractivity (Wildman–Crippen MR) is 179 cm³/mol. The van der Waals surface area contributed by atoms with Crippen LogP contribution in [0.25, 0.3) is 0 Å². The summed E-state index contributed by atoms with van der Waals surface area (Å²) in [6.07, 6.45) is 1.45. The Labute approximate surface area is 285 Å². The summed E-state index contributed by atoms with van der Waals surface area (Å²) in [6.45, 7) is 6.78. The van der Waals surface area contributed by atoms with Gasteiger partial charge in [-0.3, -0.25) is 0 Å². The van der Waals surface area contributed by atoms with Gasteiger partial charge in [0.1, 0.15) is 11.9 Å². The van der Waals surface area contributed by atoms with Crippen LogP contribution in [-0.4, -0.2) is 49.1 Å². The highest BCUT2D eigenvalue weighted by Crippen LogP contribution is 2.35. The van der Waals surface area contributed by atoms with Gasteiger partial charge in [-0.25, -0.2) is 9.59 Å². The number of urea groups is 1. The maximum Gasteiger partial charge on any atom is 0.416 e. The highest BCUT2D eigenvalue weighted by Gasteiger charge is 2.34. The van der Waals surface area contributed by atoms with Crippen LogP contribution >= 0.6 is 0 Å². The molecule has 0 aromatic heterocycles. The Balaban J connectivity index is 0.897. The van der Waals surface area contributed by atoms with Crippen LogP contribution in [0.1, 0.15) is 80.7 Å². The zero-order valence-corrected chi connectivity index (χ0v) is 27.9. The van der Waals surface area contributed by atoms with Crippen molar-refractivity contribution < 1.29 is 41.7 Å². The molecular weight excluding hydrogens is 639 g/mol. The van der Waals surface area contributed by atoms with Gasteiger partial charge in [0, 0.05) is 50.5 Å². The van der Waals surface area contributed by atoms with Crippen molar-refractivity contribution in [2.24, 2.45) is 0 Å². The topological polar surface area (TPSA) is 98.4 Å². The second kappa shape index (κ2) is 16.4. The molecule has 5 rings (SSSR count). The van der Waals surface area contributed by atoms with Crippen LogP contribution < -0.4 is 15.4 Å². The summed E-state index contributed by atoms with van der Waals surface area (Å²) >= 11 is 0. The molecule has 2 heterocycles. The monoisotopic (exact) mass is 683 g/mol. The molecule has 0 aliphatic carbocycles. The molecule has 9 nitrogen and oxygen atoms in total. The molecule has 0 bridgehead atoms. The van der Waals surface area contributed by atoms with E-state index in [4.69, 9.17) is 18.9 Å². The summed E-state index contributed by atoms with van der Waals surface area (Å²) in [7, 11) is 0. The number of halogens is 3. The van der Waals surface area contributed by atoms with Gasteiger partial charge >= 0.3 is 18.3 Å². The average molecular weight is 684 g/mol. The van der Waals surface area contributed by atoms with E-state index in [1.807, 2.05) is 50.2 Å². The second-order valence-corrected chi connectivity index (χ2v) is 12.8. The standard InChI is InChI=1S/C37H44F3N3O6/c1-36(2)47-25-28-22-27(16-17-32(28)49-36)33-24-43(35(45)48-33)18-6-3-4-7-19-46-20-8-5-11-26-12-9-14-30(21-26)41-34(44)42-31-15-10-13-29(23-31)37(38,39)40/h9-10,12-17,21-23,33H,3-8,11,18-20,24-25H2,1-2H3,(H2,41,42,44)/t33-/m0/s1. The second-order valence-electron chi connectivity index (χ2n) is 12.8. The van der Waals surface area contributed by atoms with E-state index >= 15 is 0 Å². The number of nitrogens with one attached hydrogen (secondary N) is 2. The summed E-state index contributed by atoms with van der Waals surface area (Å²) in [4.78, 5) is 26.6. The Morgan fingerprint density at radius 1 is 0.918 bits per heavy atom. The van der Waals surface area contributed by atoms with Gasteiger partial charge in [0.05, 0.1) is 18.7 Å². The minimum Gasteiger partial charge on any atom is -0.463 e. The summed E-state index contributed by atoms with van der Waals surface area (Å²) < 4.78 is 61.9. The number of rotatable bonds is 15. The molecule has 3 amide bonds. The van der Waals surface area contributed by atoms with E-state index in [0.29, 0.717) is 38.6 Å². The van der Waals surface area contributed by atoms with Crippen molar-refractivity contribution in [2.45, 2.75) is 83.5 Å². The molecule has 264 valence electrons. The molecule has 2 aliphatic rings. The maximum atomic E-state index is 12.9. The van der Waals surface area contributed by atoms with Crippen molar-refractivity contribution in [3.05, 3.63) is 89.0 Å². The van der Waals surface area contributed by atoms with Crippen molar-refractivity contribution in [3.8, 4) is 5.75 Å². The summed E-state index contributed by atoms with van der Waals surface area (Å²) in [6, 6.07) is 17.2. The average Bonchev–Trinajstić information content (AvgIpc) is 3.42. The Morgan fingerprint density at radius 3 is 2.41 bits per heavy atom. The third kappa shape index (κ3) is 10.9. The molecule has 3 aromatic carbocycles. The number of anilines is 2. The molecule has 0 unspecified atom stereocenters. The number of benzene rings is 3. The third-order valence-corrected chi connectivity index (χ3v) is 8.38. The Bertz CT molecular complexity index is 1580. The number of amides is 3. The fourth-order valence-electron chi connectivity index (χ4n) is 5.79. The number of carbonyl (C=O) groups excluding carboxylic acids is 2. The van der Waals surface area contributed by atoms with Crippen molar-refractivity contribution in [1.82, 2.24) is 4.90 Å². The number of fused-ring (bicyclic) bond motifs is 1. The van der Waals surface area contributed by atoms with Gasteiger partial charge < -0.3 is 34.5 Å². The van der Waals surface area contributed by atoms with Crippen molar-refractivity contribution in [2.75, 3.05) is 36.9 Å². The lowest BCUT2D eigenvalue weighted by Gasteiger charge is -2.32. The minimum atomic E-state index is -4.48. The normalized spacial score (nSPS) is 16.9. The van der Waals surface area contributed by atoms with Gasteiger partial charge in [0.25, 0.3) is 0 Å². The molecule has 1 fully saturated rings. The van der Waals surface area contributed by atoms with Gasteiger partial charge in [-0.15, -0.1) is 0 Å². The zero-order valence-electron chi connectivity index (χ0n) is 27.9. The molecule has 0 saturated carbocycles. The number of cyclic esters (lactones) is 1. The van der Waals surface area contributed by atoms with E-state index in [1.165, 1.54) is 12.1 Å². The van der Waals surface area contributed by atoms with E-state index in [-0.39, 0.29) is 17.9 Å². The van der Waals surface area contributed by atoms with E-state index < -0.39 is 23.6 Å². The summed E-state index contributed by atoms with van der Waals surface area (Å²) in [5.41, 5.74) is 2.74. The lowest BCUT2D eigenvalue weighted by molar-refractivity contribution is -0.180. The largest absolute Gasteiger partial charge is 0.463 e. The highest BCUT2D eigenvalue weighted by atomic mass is 19.4. The number of carbonyl (C=O) groups is 2. The number of nitrogens with zero attached hydrogens (tertiary/aromatic N) is 1. The number of hydrogen-bond acceptors (Lipinski definition) is 6. The van der Waals surface area contributed by atoms with Crippen LogP contribution in [-0.2, 0) is 33.4 Å². The molecule has 1 atom stereocenters. The fourth-order valence-corrected chi connectivity index (χ4v) is 5.79. The Hall–Kier alpha value is -4.29. The maximum absolute atomic E-state index is 12.9. The van der Waals surface area contributed by atoms with Crippen LogP contribution in [0.4, 0.5) is 34.1 Å². The van der Waals surface area contributed by atoms with Gasteiger partial charge in [-0.05, 0) is 85.7 Å². The first-order chi connectivity index (χ1) is 23.4. The molecule has 2 aliphatic heterocycles. The lowest BCUT2D eigenvalue weighted by Crippen LogP contribution is -2.35. The molecule has 0 spiro atoms. The molecule has 3 aromatic rings. The fraction of sp³-hybridized carbons (Fsp3) is 0.459. The number of ether oxygens (including phenoxy) is 4. The number of alkyl halides is 3. The van der Waals surface area contributed by atoms with E-state index in [2.05, 4.69) is 10.6 Å². The minimum absolute atomic E-state index is 0.0599. The smallest absolute Gasteiger partial charge is 0.416 e. The van der Waals surface area contributed by atoms with Crippen LogP contribution in [0.3, 0.4) is 0 Å². The molecule has 49 heavy (non-hydrogen) atoms. The predicted octanol–water partition coefficient (Wildman–Crippen LogP) is 9.09. The van der Waals surface area contributed by atoms with Gasteiger partial charge in [0.2, 0.25) is 5.79 Å². The summed E-state index contributed by atoms with van der Waals surface area (Å²) in [5, 5.41) is 5.12. The Morgan fingerprint density at radius 2 is 1.63 bits per heavy atom. The first-order valence-corrected chi connectivity index (χ1v) is 16.8. The molecule has 0 radical (unpaired) electrons. The van der Waals surface area contributed by atoms with Gasteiger partial charge in [0.15, 0.2) is 0 Å². The SMILES string of the molecule is CC1(C)OCc2cc([C@@H]3CN(CCCCCCOCCCCc4cccc(NC(=O)Nc5cccc(C(F)(F)F)c5)c4)C(=O)O3)ccc2O1. The Kier molecular flexibility index (Phi) is 12.1. The quantitative estimate of drug-likeness (QED) is 0.155. The van der Waals surface area contributed by atoms with Crippen molar-refractivity contribution in [1.29, 1.82) is 0 Å². The first-order valence-electron chi connectivity index (χ1n) is 16.8. The molecule has 2 N–H and O–H groups in total. The van der Waals surface area contributed by atoms with E-state index in [0.717, 1.165) is 79.5 Å². The van der Waals surface area contributed by atoms with E-state index in [1.54, 1.807) is 11.0 Å². The third-order valence-electron chi connectivity index (χ3n) is 8.38. The first kappa shape index (κ1) is 36.0. The van der Waals surface area contributed by atoms with Crippen LogP contribution in [0, 0.1) is 0 Å². The van der Waals surface area contributed by atoms with Crippen LogP contribution in [0.2, 0.25) is 0 Å². The van der Waals surface area contributed by atoms with Gasteiger partial charge in [-0.1, -0.05) is 37.1 Å². The number of unbranched alkanes of at least 4 members (excludes halogenated alkanes) is 4. The summed E-state index contributed by atoms with van der Waals surface area (Å²) in [5.74, 6) is 0.150. The highest BCUT2D eigenvalue weighted by molar-refractivity contribution is 5.99. The van der Waals surface area contributed by atoms with Gasteiger partial charge in [-0.2, -0.15) is 13.2 Å². The van der Waals surface area contributed by atoms with Crippen molar-refractivity contribution in [3.63, 3.8) is 0 Å². The van der Waals surface area contributed by atoms with E-state index in [9.17, 15) is 22.8 Å². The van der Waals surface area contributed by atoms with Crippen LogP contribution in [0.5, 0.6) is 5.75 Å². The number of aryl methyl sites for hydroxylation is 1. The van der Waals surface area contributed by atoms with Crippen molar-refractivity contribution >= 4 is 23.5 Å². The number of hydrogen-bond donors (Lipinski definition) is 2. The molecular formula is C37H44F3N3O6. The van der Waals surface area contributed by atoms with Crippen LogP contribution in [0.15, 0.2) is 66.7 Å². The zero-order chi connectivity index (χ0) is 34.9. The lowest BCUT2D eigenvalue weighted by atomic mass is 10.0. The molecule has 12 heteroatoms.